The lowest BCUT2D eigenvalue weighted by Crippen LogP contribution is -2.11. The van der Waals surface area contributed by atoms with Gasteiger partial charge in [-0.3, -0.25) is 0 Å². The Labute approximate surface area is 69.1 Å². The molecule has 0 saturated heterocycles. The van der Waals surface area contributed by atoms with Gasteiger partial charge >= 0.3 is 6.16 Å². The molecule has 0 amide bonds. The summed E-state index contributed by atoms with van der Waals surface area (Å²) in [4.78, 5) is 14.3. The van der Waals surface area contributed by atoms with Crippen molar-refractivity contribution in [1.29, 1.82) is 0 Å². The minimum Gasteiger partial charge on any atom is -0.435 e. The summed E-state index contributed by atoms with van der Waals surface area (Å²) in [6.45, 7) is 2.03. The number of hydrogen-bond donors (Lipinski definition) is 0. The number of aromatic nitrogens is 3. The maximum atomic E-state index is 10.6. The van der Waals surface area contributed by atoms with Crippen LogP contribution in [0.1, 0.15) is 6.92 Å². The van der Waals surface area contributed by atoms with Crippen LogP contribution in [0.15, 0.2) is 12.7 Å². The van der Waals surface area contributed by atoms with Crippen LogP contribution in [0, 0.1) is 0 Å². The zero-order valence-corrected chi connectivity index (χ0v) is 6.64. The van der Waals surface area contributed by atoms with Crippen LogP contribution in [-0.2, 0) is 16.2 Å². The van der Waals surface area contributed by atoms with Crippen molar-refractivity contribution in [3.05, 3.63) is 12.7 Å². The van der Waals surface area contributed by atoms with Crippen molar-refractivity contribution in [3.8, 4) is 0 Å². The first-order valence-corrected chi connectivity index (χ1v) is 3.45. The topological polar surface area (TPSA) is 66.2 Å². The summed E-state index contributed by atoms with van der Waals surface area (Å²) in [6, 6.07) is 0. The van der Waals surface area contributed by atoms with Crippen molar-refractivity contribution in [2.24, 2.45) is 0 Å². The van der Waals surface area contributed by atoms with Gasteiger partial charge in [-0.15, -0.1) is 0 Å². The van der Waals surface area contributed by atoms with Crippen molar-refractivity contribution < 1.29 is 14.3 Å². The molecule has 0 aliphatic rings. The molecular weight excluding hydrogens is 162 g/mol. The minimum absolute atomic E-state index is 0.0266. The van der Waals surface area contributed by atoms with Crippen LogP contribution in [0.4, 0.5) is 4.79 Å². The fraction of sp³-hybridized carbons (Fsp3) is 0.500. The molecule has 0 aromatic carbocycles. The molecule has 1 rings (SSSR count). The van der Waals surface area contributed by atoms with Crippen molar-refractivity contribution in [2.75, 3.05) is 6.61 Å². The fourth-order valence-electron chi connectivity index (χ4n) is 0.578. The van der Waals surface area contributed by atoms with E-state index in [-0.39, 0.29) is 6.73 Å². The fourth-order valence-corrected chi connectivity index (χ4v) is 0.578. The summed E-state index contributed by atoms with van der Waals surface area (Å²) >= 11 is 0. The average Bonchev–Trinajstić information content (AvgIpc) is 2.53. The van der Waals surface area contributed by atoms with E-state index in [4.69, 9.17) is 0 Å². The molecule has 1 aromatic heterocycles. The van der Waals surface area contributed by atoms with Gasteiger partial charge in [0.15, 0.2) is 6.73 Å². The van der Waals surface area contributed by atoms with Crippen molar-refractivity contribution in [3.63, 3.8) is 0 Å². The highest BCUT2D eigenvalue weighted by Crippen LogP contribution is 1.87. The molecule has 0 unspecified atom stereocenters. The molecule has 66 valence electrons. The lowest BCUT2D eigenvalue weighted by molar-refractivity contribution is 0.0334. The van der Waals surface area contributed by atoms with Gasteiger partial charge < -0.3 is 9.47 Å². The molecule has 1 heterocycles. The Balaban J connectivity index is 2.22. The molecule has 0 aliphatic carbocycles. The smallest absolute Gasteiger partial charge is 0.435 e. The van der Waals surface area contributed by atoms with E-state index < -0.39 is 6.16 Å². The SMILES string of the molecule is CCOC(=O)OCn1cncn1. The van der Waals surface area contributed by atoms with Crippen molar-refractivity contribution in [1.82, 2.24) is 14.8 Å². The second-order valence-electron chi connectivity index (χ2n) is 1.89. The molecule has 12 heavy (non-hydrogen) atoms. The van der Waals surface area contributed by atoms with Crippen LogP contribution in [0.3, 0.4) is 0 Å². The van der Waals surface area contributed by atoms with Crippen LogP contribution in [0.25, 0.3) is 0 Å². The Morgan fingerprint density at radius 2 is 2.42 bits per heavy atom. The van der Waals surface area contributed by atoms with Crippen LogP contribution >= 0.6 is 0 Å². The molecule has 0 radical (unpaired) electrons. The molecule has 0 bridgehead atoms. The first-order valence-electron chi connectivity index (χ1n) is 3.45. The summed E-state index contributed by atoms with van der Waals surface area (Å²) in [7, 11) is 0. The van der Waals surface area contributed by atoms with Crippen molar-refractivity contribution >= 4 is 6.16 Å². The Morgan fingerprint density at radius 3 is 3.00 bits per heavy atom. The number of carbonyl (C=O) groups excluding carboxylic acids is 1. The van der Waals surface area contributed by atoms with Gasteiger partial charge in [0.2, 0.25) is 0 Å². The third-order valence-corrected chi connectivity index (χ3v) is 1.04. The molecule has 1 aromatic rings. The monoisotopic (exact) mass is 171 g/mol. The molecule has 0 saturated carbocycles. The summed E-state index contributed by atoms with van der Waals surface area (Å²) in [5.74, 6) is 0. The van der Waals surface area contributed by atoms with Gasteiger partial charge in [0.05, 0.1) is 6.61 Å². The predicted molar refractivity (Wildman–Crippen MR) is 38.1 cm³/mol. The Hall–Kier alpha value is -1.59. The first-order chi connectivity index (χ1) is 5.83. The van der Waals surface area contributed by atoms with E-state index in [9.17, 15) is 4.79 Å². The Bertz CT molecular complexity index is 234. The summed E-state index contributed by atoms with van der Waals surface area (Å²) in [6.07, 6.45) is 2.10. The average molecular weight is 171 g/mol. The van der Waals surface area contributed by atoms with E-state index in [2.05, 4.69) is 19.6 Å². The third kappa shape index (κ3) is 2.57. The van der Waals surface area contributed by atoms with Gasteiger partial charge in [-0.25, -0.2) is 14.5 Å². The third-order valence-electron chi connectivity index (χ3n) is 1.04. The highest BCUT2D eigenvalue weighted by molar-refractivity contribution is 5.59. The van der Waals surface area contributed by atoms with Crippen molar-refractivity contribution in [2.45, 2.75) is 13.7 Å². The van der Waals surface area contributed by atoms with Gasteiger partial charge in [0.25, 0.3) is 0 Å². The molecule has 0 spiro atoms. The lowest BCUT2D eigenvalue weighted by atomic mass is 10.9. The molecule has 0 aliphatic heterocycles. The predicted octanol–water partition coefficient (Wildman–Crippen LogP) is 0.409. The molecule has 6 nitrogen and oxygen atoms in total. The zero-order chi connectivity index (χ0) is 8.81. The number of rotatable bonds is 3. The largest absolute Gasteiger partial charge is 0.510 e. The number of hydrogen-bond acceptors (Lipinski definition) is 5. The van der Waals surface area contributed by atoms with E-state index in [1.165, 1.54) is 17.3 Å². The summed E-state index contributed by atoms with van der Waals surface area (Å²) in [5, 5.41) is 3.72. The number of nitrogens with zero attached hydrogens (tertiary/aromatic N) is 3. The van der Waals surface area contributed by atoms with Crippen LogP contribution < -0.4 is 0 Å². The summed E-state index contributed by atoms with van der Waals surface area (Å²) < 4.78 is 10.5. The van der Waals surface area contributed by atoms with Crippen LogP contribution in [0.2, 0.25) is 0 Å². The number of carbonyl (C=O) groups is 1. The van der Waals surface area contributed by atoms with Crippen LogP contribution in [-0.4, -0.2) is 27.5 Å². The van der Waals surface area contributed by atoms with E-state index in [0.717, 1.165) is 0 Å². The normalized spacial score (nSPS) is 9.42. The van der Waals surface area contributed by atoms with Crippen LogP contribution in [0.5, 0.6) is 0 Å². The zero-order valence-electron chi connectivity index (χ0n) is 6.64. The second-order valence-corrected chi connectivity index (χ2v) is 1.89. The standard InChI is InChI=1S/C6H9N3O3/c1-2-11-6(10)12-5-9-4-7-3-8-9/h3-4H,2,5H2,1H3. The second kappa shape index (κ2) is 4.32. The molecule has 0 atom stereocenters. The first kappa shape index (κ1) is 8.51. The van der Waals surface area contributed by atoms with Gasteiger partial charge in [-0.1, -0.05) is 0 Å². The molecular formula is C6H9N3O3. The number of ether oxygens (including phenoxy) is 2. The molecule has 0 fully saturated rings. The highest BCUT2D eigenvalue weighted by Gasteiger charge is 2.01. The van der Waals surface area contributed by atoms with E-state index in [1.807, 2.05) is 0 Å². The molecule has 0 N–H and O–H groups in total. The van der Waals surface area contributed by atoms with Gasteiger partial charge in [0.1, 0.15) is 12.7 Å². The molecule has 6 heteroatoms. The highest BCUT2D eigenvalue weighted by atomic mass is 16.7. The van der Waals surface area contributed by atoms with E-state index in [0.29, 0.717) is 6.61 Å². The van der Waals surface area contributed by atoms with Gasteiger partial charge in [-0.05, 0) is 6.92 Å². The maximum absolute atomic E-state index is 10.6. The minimum atomic E-state index is -0.701. The van der Waals surface area contributed by atoms with E-state index in [1.54, 1.807) is 6.92 Å². The quantitative estimate of drug-likeness (QED) is 0.616. The Morgan fingerprint density at radius 1 is 1.58 bits per heavy atom. The maximum Gasteiger partial charge on any atom is 0.510 e. The van der Waals surface area contributed by atoms with E-state index >= 15 is 0 Å². The lowest BCUT2D eigenvalue weighted by Gasteiger charge is -2.02. The summed E-state index contributed by atoms with van der Waals surface area (Å²) in [5.41, 5.74) is 0. The Kier molecular flexibility index (Phi) is 3.06. The van der Waals surface area contributed by atoms with Gasteiger partial charge in [0, 0.05) is 0 Å². The van der Waals surface area contributed by atoms with Gasteiger partial charge in [-0.2, -0.15) is 5.10 Å².